The summed E-state index contributed by atoms with van der Waals surface area (Å²) in [5.41, 5.74) is 0.814. The quantitative estimate of drug-likeness (QED) is 0.881. The molecule has 19 heavy (non-hydrogen) atoms. The molecule has 1 aliphatic rings. The number of methoxy groups -OCH3 is 1. The third-order valence-corrected chi connectivity index (χ3v) is 3.64. The molecule has 1 aliphatic heterocycles. The van der Waals surface area contributed by atoms with Gasteiger partial charge in [0.2, 0.25) is 0 Å². The number of rotatable bonds is 4. The van der Waals surface area contributed by atoms with Gasteiger partial charge < -0.3 is 14.7 Å². The van der Waals surface area contributed by atoms with Gasteiger partial charge in [0.25, 0.3) is 0 Å². The third kappa shape index (κ3) is 3.05. The van der Waals surface area contributed by atoms with Gasteiger partial charge in [-0.05, 0) is 20.2 Å². The molecule has 0 saturated carbocycles. The average Bonchev–Trinajstić information content (AvgIpc) is 2.71. The number of halogens is 1. The Bertz CT molecular complexity index is 439. The first-order valence-electron chi connectivity index (χ1n) is 6.41. The van der Waals surface area contributed by atoms with Crippen molar-refractivity contribution in [2.45, 2.75) is 18.7 Å². The molecule has 1 saturated heterocycles. The van der Waals surface area contributed by atoms with E-state index in [1.807, 2.05) is 25.1 Å². The van der Waals surface area contributed by atoms with Gasteiger partial charge in [-0.2, -0.15) is 0 Å². The number of nitrogens with zero attached hydrogens (tertiary/aromatic N) is 2. The molecule has 0 amide bonds. The zero-order valence-corrected chi connectivity index (χ0v) is 11.6. The lowest BCUT2D eigenvalue weighted by Crippen LogP contribution is -2.37. The summed E-state index contributed by atoms with van der Waals surface area (Å²) < 4.78 is 18.7. The van der Waals surface area contributed by atoms with Crippen LogP contribution in [0.25, 0.3) is 0 Å². The van der Waals surface area contributed by atoms with Gasteiger partial charge in [-0.1, -0.05) is 12.1 Å². The molecular formula is C14H21FN2O2. The van der Waals surface area contributed by atoms with Crippen LogP contribution in [-0.4, -0.2) is 61.3 Å². The molecule has 0 spiro atoms. The maximum absolute atomic E-state index is 13.6. The van der Waals surface area contributed by atoms with Gasteiger partial charge in [-0.25, -0.2) is 4.39 Å². The van der Waals surface area contributed by atoms with E-state index in [4.69, 9.17) is 4.74 Å². The number of ether oxygens (including phenoxy) is 1. The summed E-state index contributed by atoms with van der Waals surface area (Å²) in [5.74, 6) is -0.0470. The topological polar surface area (TPSA) is 35.9 Å². The lowest BCUT2D eigenvalue weighted by molar-refractivity contribution is 0.112. The average molecular weight is 268 g/mol. The second kappa shape index (κ2) is 5.86. The van der Waals surface area contributed by atoms with Crippen molar-refractivity contribution in [2.75, 3.05) is 34.3 Å². The Balaban J connectivity index is 2.09. The van der Waals surface area contributed by atoms with Crippen LogP contribution in [0.4, 0.5) is 4.39 Å². The van der Waals surface area contributed by atoms with Crippen molar-refractivity contribution in [3.63, 3.8) is 0 Å². The van der Waals surface area contributed by atoms with Crippen molar-refractivity contribution < 1.29 is 14.2 Å². The minimum absolute atomic E-state index is 0.125. The molecule has 2 atom stereocenters. The molecule has 0 unspecified atom stereocenters. The minimum Gasteiger partial charge on any atom is -0.493 e. The van der Waals surface area contributed by atoms with E-state index in [-0.39, 0.29) is 18.0 Å². The first-order chi connectivity index (χ1) is 9.02. The zero-order chi connectivity index (χ0) is 14.0. The van der Waals surface area contributed by atoms with Crippen LogP contribution in [-0.2, 0) is 6.54 Å². The second-order valence-electron chi connectivity index (χ2n) is 5.22. The molecule has 1 fully saturated rings. The lowest BCUT2D eigenvalue weighted by atomic mass is 10.2. The number of para-hydroxylation sites is 1. The van der Waals surface area contributed by atoms with E-state index in [1.165, 1.54) is 13.2 Å². The molecule has 4 nitrogen and oxygen atoms in total. The number of benzene rings is 1. The number of aliphatic hydroxyl groups is 1. The highest BCUT2D eigenvalue weighted by Gasteiger charge is 2.32. The first-order valence-corrected chi connectivity index (χ1v) is 6.41. The highest BCUT2D eigenvalue weighted by Crippen LogP contribution is 2.25. The molecule has 0 radical (unpaired) electrons. The van der Waals surface area contributed by atoms with Gasteiger partial charge >= 0.3 is 0 Å². The Labute approximate surface area is 113 Å². The highest BCUT2D eigenvalue weighted by atomic mass is 19.1. The van der Waals surface area contributed by atoms with Gasteiger partial charge in [0.15, 0.2) is 11.6 Å². The number of likely N-dealkylation sites (N-methyl/N-ethyl adjacent to an activating group) is 1. The summed E-state index contributed by atoms with van der Waals surface area (Å²) in [7, 11) is 5.39. The van der Waals surface area contributed by atoms with E-state index < -0.39 is 0 Å². The molecule has 0 bridgehead atoms. The molecule has 2 rings (SSSR count). The maximum Gasteiger partial charge on any atom is 0.165 e. The van der Waals surface area contributed by atoms with Gasteiger partial charge in [-0.3, -0.25) is 4.90 Å². The van der Waals surface area contributed by atoms with Crippen LogP contribution in [0.15, 0.2) is 18.2 Å². The Morgan fingerprint density at radius 2 is 2.16 bits per heavy atom. The highest BCUT2D eigenvalue weighted by molar-refractivity contribution is 5.34. The SMILES string of the molecule is COc1c(F)cccc1CN1C[C@@H](O)[C@H](N(C)C)C1. The van der Waals surface area contributed by atoms with Crippen LogP contribution in [0, 0.1) is 5.82 Å². The van der Waals surface area contributed by atoms with Crippen molar-refractivity contribution in [3.05, 3.63) is 29.6 Å². The molecule has 1 N–H and O–H groups in total. The maximum atomic E-state index is 13.6. The smallest absolute Gasteiger partial charge is 0.165 e. The molecular weight excluding hydrogens is 247 g/mol. The predicted octanol–water partition coefficient (Wildman–Crippen LogP) is 0.941. The fourth-order valence-corrected chi connectivity index (χ4v) is 2.63. The molecule has 1 aromatic rings. The second-order valence-corrected chi connectivity index (χ2v) is 5.22. The summed E-state index contributed by atoms with van der Waals surface area (Å²) in [6.07, 6.45) is -0.366. The first kappa shape index (κ1) is 14.2. The van der Waals surface area contributed by atoms with E-state index in [1.54, 1.807) is 6.07 Å². The van der Waals surface area contributed by atoms with Crippen LogP contribution in [0.1, 0.15) is 5.56 Å². The van der Waals surface area contributed by atoms with Crippen molar-refractivity contribution in [1.82, 2.24) is 9.80 Å². The Morgan fingerprint density at radius 3 is 2.74 bits per heavy atom. The lowest BCUT2D eigenvalue weighted by Gasteiger charge is -2.22. The van der Waals surface area contributed by atoms with Crippen molar-refractivity contribution in [2.24, 2.45) is 0 Å². The van der Waals surface area contributed by atoms with Crippen LogP contribution in [0.5, 0.6) is 5.75 Å². The van der Waals surface area contributed by atoms with Crippen LogP contribution in [0.2, 0.25) is 0 Å². The fourth-order valence-electron chi connectivity index (χ4n) is 2.63. The summed E-state index contributed by atoms with van der Waals surface area (Å²) >= 11 is 0. The van der Waals surface area contributed by atoms with Crippen molar-refractivity contribution >= 4 is 0 Å². The van der Waals surface area contributed by atoms with Crippen LogP contribution < -0.4 is 4.74 Å². The Morgan fingerprint density at radius 1 is 1.42 bits per heavy atom. The molecule has 1 aromatic carbocycles. The summed E-state index contributed by atoms with van der Waals surface area (Å²) in [6.45, 7) is 1.96. The van der Waals surface area contributed by atoms with Gasteiger partial charge in [0.05, 0.1) is 13.2 Å². The number of hydrogen-bond acceptors (Lipinski definition) is 4. The van der Waals surface area contributed by atoms with Crippen LogP contribution >= 0.6 is 0 Å². The van der Waals surface area contributed by atoms with E-state index in [0.717, 1.165) is 12.1 Å². The Kier molecular flexibility index (Phi) is 4.39. The van der Waals surface area contributed by atoms with E-state index in [2.05, 4.69) is 4.90 Å². The number of hydrogen-bond donors (Lipinski definition) is 1. The third-order valence-electron chi connectivity index (χ3n) is 3.64. The number of likely N-dealkylation sites (tertiary alicyclic amines) is 1. The minimum atomic E-state index is -0.366. The van der Waals surface area contributed by atoms with E-state index in [0.29, 0.717) is 18.8 Å². The summed E-state index contributed by atoms with van der Waals surface area (Å²) in [4.78, 5) is 4.14. The monoisotopic (exact) mass is 268 g/mol. The number of β-amino-alcohol motifs (C(OH)–C–C–N with tert-alkyl or cyclic N) is 1. The number of aliphatic hydroxyl groups excluding tert-OH is 1. The zero-order valence-electron chi connectivity index (χ0n) is 11.6. The van der Waals surface area contributed by atoms with E-state index in [9.17, 15) is 9.50 Å². The molecule has 5 heteroatoms. The largest absolute Gasteiger partial charge is 0.493 e. The fraction of sp³-hybridized carbons (Fsp3) is 0.571. The molecule has 0 aromatic heterocycles. The van der Waals surface area contributed by atoms with Crippen LogP contribution in [0.3, 0.4) is 0 Å². The van der Waals surface area contributed by atoms with E-state index >= 15 is 0 Å². The normalized spacial score (nSPS) is 24.1. The predicted molar refractivity (Wildman–Crippen MR) is 71.7 cm³/mol. The van der Waals surface area contributed by atoms with Gasteiger partial charge in [0.1, 0.15) is 0 Å². The standard InChI is InChI=1S/C14H21FN2O2/c1-16(2)12-8-17(9-13(12)18)7-10-5-4-6-11(15)14(10)19-3/h4-6,12-13,18H,7-9H2,1-3H3/t12-,13-/m1/s1. The van der Waals surface area contributed by atoms with Gasteiger partial charge in [0, 0.05) is 31.2 Å². The van der Waals surface area contributed by atoms with Crippen molar-refractivity contribution in [3.8, 4) is 5.75 Å². The summed E-state index contributed by atoms with van der Waals surface area (Å²) in [5, 5.41) is 10.0. The van der Waals surface area contributed by atoms with Crippen molar-refractivity contribution in [1.29, 1.82) is 0 Å². The molecule has 1 heterocycles. The summed E-state index contributed by atoms with van der Waals surface area (Å²) in [6, 6.07) is 5.06. The molecule has 0 aliphatic carbocycles. The van der Waals surface area contributed by atoms with Gasteiger partial charge in [-0.15, -0.1) is 0 Å². The molecule has 106 valence electrons. The Hall–Kier alpha value is -1.17.